The van der Waals surface area contributed by atoms with Crippen molar-refractivity contribution in [3.8, 4) is 11.4 Å². The number of methoxy groups -OCH3 is 1. The van der Waals surface area contributed by atoms with E-state index in [-0.39, 0.29) is 17.6 Å². The Morgan fingerprint density at radius 1 is 1.18 bits per heavy atom. The van der Waals surface area contributed by atoms with Crippen LogP contribution in [0.4, 0.5) is 5.69 Å². The molecule has 33 heavy (non-hydrogen) atoms. The van der Waals surface area contributed by atoms with E-state index in [4.69, 9.17) is 9.47 Å². The fraction of sp³-hybridized carbons (Fsp3) is 0.304. The first-order chi connectivity index (χ1) is 16.0. The van der Waals surface area contributed by atoms with Crippen molar-refractivity contribution in [1.29, 1.82) is 0 Å². The van der Waals surface area contributed by atoms with Crippen LogP contribution < -0.4 is 10.1 Å². The number of hydrogen-bond acceptors (Lipinski definition) is 7. The number of nitro benzene ring substituents is 1. The van der Waals surface area contributed by atoms with Gasteiger partial charge in [0, 0.05) is 38.0 Å². The summed E-state index contributed by atoms with van der Waals surface area (Å²) in [7, 11) is 1.63. The molecule has 0 saturated carbocycles. The van der Waals surface area contributed by atoms with Gasteiger partial charge in [0.05, 0.1) is 48.7 Å². The number of nitrogens with one attached hydrogen (secondary N) is 1. The largest absolute Gasteiger partial charge is 0.497 e. The van der Waals surface area contributed by atoms with E-state index in [2.05, 4.69) is 15.3 Å². The maximum atomic E-state index is 12.8. The molecule has 1 unspecified atom stereocenters. The van der Waals surface area contributed by atoms with E-state index >= 15 is 0 Å². The zero-order valence-electron chi connectivity index (χ0n) is 18.2. The fourth-order valence-electron chi connectivity index (χ4n) is 3.77. The average Bonchev–Trinajstić information content (AvgIpc) is 3.36. The molecule has 172 valence electrons. The predicted octanol–water partition coefficient (Wildman–Crippen LogP) is 2.59. The third kappa shape index (κ3) is 5.36. The summed E-state index contributed by atoms with van der Waals surface area (Å²) in [5.41, 5.74) is 2.11. The third-order valence-electron chi connectivity index (χ3n) is 5.61. The third-order valence-corrected chi connectivity index (χ3v) is 5.61. The van der Waals surface area contributed by atoms with Crippen LogP contribution in [-0.2, 0) is 4.74 Å². The topological polar surface area (TPSA) is 112 Å². The molecule has 2 aromatic carbocycles. The fourth-order valence-corrected chi connectivity index (χ4v) is 3.77. The van der Waals surface area contributed by atoms with Crippen molar-refractivity contribution in [2.75, 3.05) is 40.0 Å². The monoisotopic (exact) mass is 451 g/mol. The highest BCUT2D eigenvalue weighted by Gasteiger charge is 2.24. The van der Waals surface area contributed by atoms with Crippen LogP contribution in [-0.4, -0.2) is 65.5 Å². The molecule has 1 fully saturated rings. The Bertz CT molecular complexity index is 1090. The number of non-ortho nitro benzene ring substituents is 1. The number of rotatable bonds is 8. The molecular formula is C23H25N5O5. The summed E-state index contributed by atoms with van der Waals surface area (Å²) >= 11 is 0. The molecule has 1 amide bonds. The minimum absolute atomic E-state index is 0.00319. The van der Waals surface area contributed by atoms with Crippen LogP contribution in [0, 0.1) is 10.1 Å². The van der Waals surface area contributed by atoms with Crippen LogP contribution in [0.15, 0.2) is 60.9 Å². The normalized spacial score (nSPS) is 15.1. The van der Waals surface area contributed by atoms with Crippen LogP contribution in [0.3, 0.4) is 0 Å². The molecule has 0 radical (unpaired) electrons. The van der Waals surface area contributed by atoms with E-state index < -0.39 is 4.92 Å². The van der Waals surface area contributed by atoms with Gasteiger partial charge in [0.1, 0.15) is 5.75 Å². The van der Waals surface area contributed by atoms with E-state index in [0.29, 0.717) is 31.0 Å². The van der Waals surface area contributed by atoms with Crippen molar-refractivity contribution in [2.24, 2.45) is 0 Å². The van der Waals surface area contributed by atoms with Crippen LogP contribution in [0.5, 0.6) is 5.75 Å². The quantitative estimate of drug-likeness (QED) is 0.414. The molecule has 1 N–H and O–H groups in total. The second-order valence-corrected chi connectivity index (χ2v) is 7.59. The van der Waals surface area contributed by atoms with E-state index in [1.165, 1.54) is 23.0 Å². The zero-order chi connectivity index (χ0) is 23.2. The van der Waals surface area contributed by atoms with Gasteiger partial charge in [-0.15, -0.1) is 0 Å². The van der Waals surface area contributed by atoms with Gasteiger partial charge < -0.3 is 14.8 Å². The molecule has 2 heterocycles. The molecule has 0 bridgehead atoms. The lowest BCUT2D eigenvalue weighted by atomic mass is 10.0. The first kappa shape index (κ1) is 22.4. The molecule has 1 aliphatic rings. The summed E-state index contributed by atoms with van der Waals surface area (Å²) in [6.07, 6.45) is 3.08. The van der Waals surface area contributed by atoms with Gasteiger partial charge in [-0.2, -0.15) is 5.10 Å². The molecule has 3 aromatic rings. The number of benzene rings is 2. The van der Waals surface area contributed by atoms with Crippen molar-refractivity contribution in [3.05, 3.63) is 82.2 Å². The maximum Gasteiger partial charge on any atom is 0.269 e. The van der Waals surface area contributed by atoms with Gasteiger partial charge in [-0.3, -0.25) is 19.8 Å². The lowest BCUT2D eigenvalue weighted by Crippen LogP contribution is -2.43. The number of carbonyl (C=O) groups excluding carboxylic acids is 1. The molecular weight excluding hydrogens is 426 g/mol. The van der Waals surface area contributed by atoms with Crippen molar-refractivity contribution < 1.29 is 19.2 Å². The summed E-state index contributed by atoms with van der Waals surface area (Å²) in [6, 6.07) is 13.8. The van der Waals surface area contributed by atoms with Gasteiger partial charge >= 0.3 is 0 Å². The molecule has 1 aliphatic heterocycles. The number of morpholine rings is 1. The number of nitro groups is 1. The van der Waals surface area contributed by atoms with Gasteiger partial charge in [-0.05, 0) is 29.8 Å². The highest BCUT2D eigenvalue weighted by molar-refractivity contribution is 5.93. The lowest BCUT2D eigenvalue weighted by molar-refractivity contribution is -0.384. The summed E-state index contributed by atoms with van der Waals surface area (Å²) in [5.74, 6) is 0.539. The van der Waals surface area contributed by atoms with Crippen LogP contribution >= 0.6 is 0 Å². The second-order valence-electron chi connectivity index (χ2n) is 7.59. The predicted molar refractivity (Wildman–Crippen MR) is 121 cm³/mol. The molecule has 10 nitrogen and oxygen atoms in total. The Hall–Kier alpha value is -3.76. The maximum absolute atomic E-state index is 12.8. The summed E-state index contributed by atoms with van der Waals surface area (Å²) in [5, 5.41) is 18.1. The summed E-state index contributed by atoms with van der Waals surface area (Å²) in [4.78, 5) is 25.5. The SMILES string of the molecule is COc1ccc(C(CNC(=O)c2cnn(-c3ccc([N+](=O)[O-])cc3)c2)N2CCOCC2)cc1. The number of amides is 1. The standard InChI is InChI=1S/C23H25N5O5/c1-32-21-8-2-17(3-9-21)22(26-10-12-33-13-11-26)15-24-23(29)18-14-25-27(16-18)19-4-6-20(7-5-19)28(30)31/h2-9,14,16,22H,10-13,15H2,1H3,(H,24,29). The molecule has 4 rings (SSSR count). The Kier molecular flexibility index (Phi) is 6.96. The first-order valence-corrected chi connectivity index (χ1v) is 10.6. The van der Waals surface area contributed by atoms with Crippen LogP contribution in [0.25, 0.3) is 5.69 Å². The van der Waals surface area contributed by atoms with Crippen molar-refractivity contribution in [1.82, 2.24) is 20.0 Å². The minimum Gasteiger partial charge on any atom is -0.497 e. The Morgan fingerprint density at radius 2 is 1.88 bits per heavy atom. The lowest BCUT2D eigenvalue weighted by Gasteiger charge is -2.35. The van der Waals surface area contributed by atoms with Crippen LogP contribution in [0.2, 0.25) is 0 Å². The summed E-state index contributed by atoms with van der Waals surface area (Å²) in [6.45, 7) is 3.30. The number of aromatic nitrogens is 2. The number of ether oxygens (including phenoxy) is 2. The number of carbonyl (C=O) groups is 1. The molecule has 1 aromatic heterocycles. The Labute approximate surface area is 190 Å². The second kappa shape index (κ2) is 10.2. The van der Waals surface area contributed by atoms with Gasteiger partial charge in [-0.1, -0.05) is 12.1 Å². The van der Waals surface area contributed by atoms with E-state index in [1.807, 2.05) is 24.3 Å². The summed E-state index contributed by atoms with van der Waals surface area (Å²) < 4.78 is 12.3. The van der Waals surface area contributed by atoms with E-state index in [0.717, 1.165) is 24.4 Å². The van der Waals surface area contributed by atoms with Crippen molar-refractivity contribution in [2.45, 2.75) is 6.04 Å². The molecule has 1 atom stereocenters. The minimum atomic E-state index is -0.459. The van der Waals surface area contributed by atoms with Gasteiger partial charge in [0.2, 0.25) is 0 Å². The highest BCUT2D eigenvalue weighted by atomic mass is 16.6. The smallest absolute Gasteiger partial charge is 0.269 e. The Morgan fingerprint density at radius 3 is 2.52 bits per heavy atom. The van der Waals surface area contributed by atoms with E-state index in [9.17, 15) is 14.9 Å². The van der Waals surface area contributed by atoms with Gasteiger partial charge in [-0.25, -0.2) is 4.68 Å². The molecule has 0 spiro atoms. The van der Waals surface area contributed by atoms with E-state index in [1.54, 1.807) is 25.4 Å². The number of hydrogen-bond donors (Lipinski definition) is 1. The van der Waals surface area contributed by atoms with Gasteiger partial charge in [0.15, 0.2) is 0 Å². The van der Waals surface area contributed by atoms with Crippen LogP contribution in [0.1, 0.15) is 22.0 Å². The van der Waals surface area contributed by atoms with Crippen molar-refractivity contribution in [3.63, 3.8) is 0 Å². The number of nitrogens with zero attached hydrogens (tertiary/aromatic N) is 4. The average molecular weight is 451 g/mol. The first-order valence-electron chi connectivity index (χ1n) is 10.6. The zero-order valence-corrected chi connectivity index (χ0v) is 18.2. The molecule has 10 heteroatoms. The highest BCUT2D eigenvalue weighted by Crippen LogP contribution is 2.24. The van der Waals surface area contributed by atoms with Gasteiger partial charge in [0.25, 0.3) is 11.6 Å². The van der Waals surface area contributed by atoms with Crippen molar-refractivity contribution >= 4 is 11.6 Å². The Balaban J connectivity index is 1.45. The molecule has 0 aliphatic carbocycles. The molecule has 1 saturated heterocycles.